The number of H-pyrrole nitrogens is 1. The van der Waals surface area contributed by atoms with Gasteiger partial charge in [-0.3, -0.25) is 9.78 Å². The number of rotatable bonds is 2. The van der Waals surface area contributed by atoms with Gasteiger partial charge in [-0.1, -0.05) is 18.7 Å². The Kier molecular flexibility index (Phi) is 4.90. The lowest BCUT2D eigenvalue weighted by atomic mass is 9.75. The fraction of sp³-hybridized carbons (Fsp3) is 0.500. The van der Waals surface area contributed by atoms with Gasteiger partial charge in [-0.05, 0) is 50.5 Å². The number of hydrogen-bond acceptors (Lipinski definition) is 4. The molecule has 8 heteroatoms. The van der Waals surface area contributed by atoms with Crippen LogP contribution in [0.25, 0.3) is 0 Å². The molecule has 0 radical (unpaired) electrons. The highest BCUT2D eigenvalue weighted by molar-refractivity contribution is 7.98. The molecular formula is C18H20F3N3OS. The lowest BCUT2D eigenvalue weighted by Crippen LogP contribution is -2.31. The van der Waals surface area contributed by atoms with E-state index in [9.17, 15) is 18.0 Å². The average molecular weight is 383 g/mol. The second-order valence-electron chi connectivity index (χ2n) is 6.83. The van der Waals surface area contributed by atoms with Crippen LogP contribution in [0, 0.1) is 19.8 Å². The molecule has 0 bridgehead atoms. The summed E-state index contributed by atoms with van der Waals surface area (Å²) >= 11 is 1.30. The highest BCUT2D eigenvalue weighted by atomic mass is 32.2. The Labute approximate surface area is 153 Å². The first-order valence-electron chi connectivity index (χ1n) is 8.33. The topological polar surface area (TPSA) is 58.6 Å². The summed E-state index contributed by atoms with van der Waals surface area (Å²) in [5.74, 6) is -0.568. The Morgan fingerprint density at radius 2 is 1.92 bits per heavy atom. The molecule has 2 aromatic heterocycles. The molecule has 140 valence electrons. The highest BCUT2D eigenvalue weighted by Gasteiger charge is 2.41. The van der Waals surface area contributed by atoms with Gasteiger partial charge in [-0.25, -0.2) is 4.98 Å². The summed E-state index contributed by atoms with van der Waals surface area (Å²) in [6, 6.07) is 1.46. The largest absolute Gasteiger partial charge is 0.418 e. The number of fused-ring (bicyclic) bond motifs is 1. The lowest BCUT2D eigenvalue weighted by Gasteiger charge is -2.31. The van der Waals surface area contributed by atoms with E-state index in [1.807, 2.05) is 6.92 Å². The van der Waals surface area contributed by atoms with Crippen LogP contribution in [0.4, 0.5) is 13.2 Å². The quantitative estimate of drug-likeness (QED) is 0.628. The second kappa shape index (κ2) is 6.72. The molecule has 26 heavy (non-hydrogen) atoms. The van der Waals surface area contributed by atoms with Crippen molar-refractivity contribution in [1.29, 1.82) is 0 Å². The summed E-state index contributed by atoms with van der Waals surface area (Å²) in [6.07, 6.45) is -2.00. The van der Waals surface area contributed by atoms with E-state index in [-0.39, 0.29) is 29.2 Å². The summed E-state index contributed by atoms with van der Waals surface area (Å²) in [7, 11) is 0. The summed E-state index contributed by atoms with van der Waals surface area (Å²) in [4.78, 5) is 23.7. The van der Waals surface area contributed by atoms with Gasteiger partial charge in [0.25, 0.3) is 5.56 Å². The van der Waals surface area contributed by atoms with Gasteiger partial charge in [0.1, 0.15) is 0 Å². The van der Waals surface area contributed by atoms with Gasteiger partial charge < -0.3 is 4.98 Å². The van der Waals surface area contributed by atoms with Crippen LogP contribution in [0.15, 0.2) is 16.0 Å². The average Bonchev–Trinajstić information content (AvgIpc) is 2.52. The molecule has 2 atom stereocenters. The normalized spacial score (nSPS) is 20.1. The molecular weight excluding hydrogens is 363 g/mol. The molecule has 1 N–H and O–H groups in total. The molecule has 0 saturated carbocycles. The maximum absolute atomic E-state index is 13.7. The molecule has 0 fully saturated rings. The first-order valence-corrected chi connectivity index (χ1v) is 9.55. The predicted molar refractivity (Wildman–Crippen MR) is 94.7 cm³/mol. The number of aromatic nitrogens is 3. The van der Waals surface area contributed by atoms with Crippen LogP contribution >= 0.6 is 11.8 Å². The summed E-state index contributed by atoms with van der Waals surface area (Å²) in [5, 5.41) is 0.478. The van der Waals surface area contributed by atoms with Crippen molar-refractivity contribution in [3.8, 4) is 0 Å². The molecule has 1 aliphatic rings. The van der Waals surface area contributed by atoms with E-state index in [1.165, 1.54) is 24.8 Å². The monoisotopic (exact) mass is 383 g/mol. The Balaban J connectivity index is 2.15. The van der Waals surface area contributed by atoms with E-state index in [0.29, 0.717) is 28.5 Å². The SMILES string of the molecule is CSc1nc2c(c(=O)[nH]1)CC(C)C(c1nc(C)cc(C)c1C(F)(F)F)C2. The van der Waals surface area contributed by atoms with Crippen molar-refractivity contribution in [3.63, 3.8) is 0 Å². The Hall–Kier alpha value is -1.83. The molecule has 3 rings (SSSR count). The number of alkyl halides is 3. The molecule has 2 aromatic rings. The van der Waals surface area contributed by atoms with Crippen molar-refractivity contribution in [1.82, 2.24) is 15.0 Å². The van der Waals surface area contributed by atoms with Gasteiger partial charge in [-0.15, -0.1) is 0 Å². The fourth-order valence-corrected chi connectivity index (χ4v) is 4.14. The number of aryl methyl sites for hydroxylation is 2. The predicted octanol–water partition coefficient (Wildman–Crippen LogP) is 4.04. The van der Waals surface area contributed by atoms with Crippen molar-refractivity contribution in [2.45, 2.75) is 50.9 Å². The fourth-order valence-electron chi connectivity index (χ4n) is 3.74. The molecule has 0 aliphatic heterocycles. The molecule has 1 aliphatic carbocycles. The Bertz CT molecular complexity index is 908. The van der Waals surface area contributed by atoms with Crippen LogP contribution in [0.2, 0.25) is 0 Å². The van der Waals surface area contributed by atoms with E-state index in [4.69, 9.17) is 0 Å². The maximum Gasteiger partial charge on any atom is 0.418 e. The van der Waals surface area contributed by atoms with E-state index in [0.717, 1.165) is 0 Å². The number of aromatic amines is 1. The van der Waals surface area contributed by atoms with E-state index in [2.05, 4.69) is 15.0 Å². The van der Waals surface area contributed by atoms with Gasteiger partial charge in [-0.2, -0.15) is 13.2 Å². The van der Waals surface area contributed by atoms with Gasteiger partial charge in [0.05, 0.1) is 17.0 Å². The van der Waals surface area contributed by atoms with Crippen molar-refractivity contribution >= 4 is 11.8 Å². The first-order chi connectivity index (χ1) is 12.1. The number of nitrogens with zero attached hydrogens (tertiary/aromatic N) is 2. The second-order valence-corrected chi connectivity index (χ2v) is 7.63. The molecule has 0 aromatic carbocycles. The minimum absolute atomic E-state index is 0.0703. The smallest absolute Gasteiger partial charge is 0.301 e. The molecule has 0 saturated heterocycles. The minimum Gasteiger partial charge on any atom is -0.301 e. The van der Waals surface area contributed by atoms with E-state index in [1.54, 1.807) is 13.2 Å². The standard InChI is InChI=1S/C18H20F3N3OS/c1-8-6-12-13(23-17(26-4)24-16(12)25)7-11(8)15-14(18(19,20)21)9(2)5-10(3)22-15/h5,8,11H,6-7H2,1-4H3,(H,23,24,25). The molecule has 0 amide bonds. The highest BCUT2D eigenvalue weighted by Crippen LogP contribution is 2.42. The minimum atomic E-state index is -4.47. The summed E-state index contributed by atoms with van der Waals surface area (Å²) < 4.78 is 41.1. The van der Waals surface area contributed by atoms with E-state index >= 15 is 0 Å². The third kappa shape index (κ3) is 3.39. The third-order valence-electron chi connectivity index (χ3n) is 4.91. The Morgan fingerprint density at radius 1 is 1.23 bits per heavy atom. The van der Waals surface area contributed by atoms with Gasteiger partial charge in [0, 0.05) is 17.2 Å². The van der Waals surface area contributed by atoms with Crippen molar-refractivity contribution in [2.24, 2.45) is 5.92 Å². The maximum atomic E-state index is 13.7. The van der Waals surface area contributed by atoms with Crippen LogP contribution in [-0.2, 0) is 19.0 Å². The van der Waals surface area contributed by atoms with Crippen LogP contribution in [0.5, 0.6) is 0 Å². The van der Waals surface area contributed by atoms with Gasteiger partial charge in [0.15, 0.2) is 5.16 Å². The number of nitrogens with one attached hydrogen (secondary N) is 1. The summed E-state index contributed by atoms with van der Waals surface area (Å²) in [5.41, 5.74) is 1.11. The van der Waals surface area contributed by atoms with Crippen molar-refractivity contribution < 1.29 is 13.2 Å². The number of halogens is 3. The zero-order valence-corrected chi connectivity index (χ0v) is 15.8. The van der Waals surface area contributed by atoms with Gasteiger partial charge in [0.2, 0.25) is 0 Å². The van der Waals surface area contributed by atoms with Gasteiger partial charge >= 0.3 is 6.18 Å². The van der Waals surface area contributed by atoms with Crippen LogP contribution in [-0.4, -0.2) is 21.2 Å². The number of pyridine rings is 1. The molecule has 4 nitrogen and oxygen atoms in total. The van der Waals surface area contributed by atoms with Crippen molar-refractivity contribution in [2.75, 3.05) is 6.26 Å². The van der Waals surface area contributed by atoms with E-state index < -0.39 is 17.7 Å². The van der Waals surface area contributed by atoms with Crippen LogP contribution in [0.3, 0.4) is 0 Å². The molecule has 0 spiro atoms. The Morgan fingerprint density at radius 3 is 2.54 bits per heavy atom. The summed E-state index contributed by atoms with van der Waals surface area (Å²) in [6.45, 7) is 5.04. The molecule has 2 unspecified atom stereocenters. The zero-order chi connectivity index (χ0) is 19.2. The van der Waals surface area contributed by atoms with Crippen LogP contribution < -0.4 is 5.56 Å². The number of thioether (sulfide) groups is 1. The third-order valence-corrected chi connectivity index (χ3v) is 5.49. The zero-order valence-electron chi connectivity index (χ0n) is 15.0. The molecule has 2 heterocycles. The van der Waals surface area contributed by atoms with Crippen LogP contribution in [0.1, 0.15) is 46.6 Å². The first kappa shape index (κ1) is 18.9. The number of hydrogen-bond donors (Lipinski definition) is 1. The van der Waals surface area contributed by atoms with Crippen molar-refractivity contribution in [3.05, 3.63) is 50.2 Å². The lowest BCUT2D eigenvalue weighted by molar-refractivity contribution is -0.139.